The number of likely N-dealkylation sites (N-methyl/N-ethyl adjacent to an activating group) is 1. The molecule has 1 saturated heterocycles. The smallest absolute Gasteiger partial charge is 0.326 e. The maximum Gasteiger partial charge on any atom is 0.326 e. The Morgan fingerprint density at radius 3 is 2.46 bits per heavy atom. The van der Waals surface area contributed by atoms with Crippen LogP contribution in [-0.2, 0) is 19.1 Å². The van der Waals surface area contributed by atoms with Gasteiger partial charge in [0.1, 0.15) is 12.1 Å². The van der Waals surface area contributed by atoms with Crippen molar-refractivity contribution in [2.75, 3.05) is 26.2 Å². The predicted molar refractivity (Wildman–Crippen MR) is 103 cm³/mol. The molecule has 0 bridgehead atoms. The first kappa shape index (κ1) is 21.9. The van der Waals surface area contributed by atoms with Crippen LogP contribution in [0.2, 0.25) is 0 Å². The Bertz CT molecular complexity index is 652. The van der Waals surface area contributed by atoms with Crippen LogP contribution in [0.15, 0.2) is 12.2 Å². The molecular formula is C20H31N3O5. The van der Waals surface area contributed by atoms with Crippen LogP contribution >= 0.6 is 0 Å². The molecule has 156 valence electrons. The molecule has 1 aliphatic carbocycles. The fourth-order valence-electron chi connectivity index (χ4n) is 3.85. The highest BCUT2D eigenvalue weighted by molar-refractivity contribution is 6.08. The van der Waals surface area contributed by atoms with Gasteiger partial charge in [-0.1, -0.05) is 25.5 Å². The second kappa shape index (κ2) is 9.21. The van der Waals surface area contributed by atoms with Gasteiger partial charge in [0, 0.05) is 13.1 Å². The van der Waals surface area contributed by atoms with E-state index in [2.05, 4.69) is 18.8 Å². The monoisotopic (exact) mass is 393 g/mol. The molecule has 0 aromatic carbocycles. The summed E-state index contributed by atoms with van der Waals surface area (Å²) in [6.07, 6.45) is 4.00. The van der Waals surface area contributed by atoms with E-state index in [-0.39, 0.29) is 11.8 Å². The van der Waals surface area contributed by atoms with Crippen LogP contribution in [-0.4, -0.2) is 65.4 Å². The standard InChI is InChI=1S/C20H31N3O5/c1-5-15-7-9-20(10-8-15)18(26)23(19(27)21-20)12-17(25)28-13-16(24)22(6-2)11-14(3)4/h15H,3,5-13H2,1-2,4H3,(H,21,27). The number of rotatable bonds is 8. The summed E-state index contributed by atoms with van der Waals surface area (Å²) in [6, 6.07) is -0.569. The quantitative estimate of drug-likeness (QED) is 0.386. The van der Waals surface area contributed by atoms with Crippen LogP contribution < -0.4 is 5.32 Å². The van der Waals surface area contributed by atoms with Crippen molar-refractivity contribution < 1.29 is 23.9 Å². The van der Waals surface area contributed by atoms with Crippen LogP contribution in [0.25, 0.3) is 0 Å². The zero-order valence-electron chi connectivity index (χ0n) is 17.1. The Morgan fingerprint density at radius 1 is 1.29 bits per heavy atom. The lowest BCUT2D eigenvalue weighted by atomic mass is 9.75. The van der Waals surface area contributed by atoms with Gasteiger partial charge >= 0.3 is 12.0 Å². The number of carbonyl (C=O) groups excluding carboxylic acids is 4. The third kappa shape index (κ3) is 4.91. The van der Waals surface area contributed by atoms with E-state index in [4.69, 9.17) is 4.74 Å². The van der Waals surface area contributed by atoms with Gasteiger partial charge in [-0.05, 0) is 45.4 Å². The second-order valence-electron chi connectivity index (χ2n) is 7.78. The number of esters is 1. The van der Waals surface area contributed by atoms with Crippen LogP contribution in [0.4, 0.5) is 4.79 Å². The van der Waals surface area contributed by atoms with Gasteiger partial charge in [-0.15, -0.1) is 0 Å². The highest BCUT2D eigenvalue weighted by Gasteiger charge is 2.52. The Hall–Kier alpha value is -2.38. The molecule has 8 heteroatoms. The van der Waals surface area contributed by atoms with Crippen LogP contribution in [0, 0.1) is 5.92 Å². The third-order valence-corrected chi connectivity index (χ3v) is 5.62. The van der Waals surface area contributed by atoms with E-state index in [0.717, 1.165) is 29.7 Å². The van der Waals surface area contributed by atoms with Crippen molar-refractivity contribution in [2.24, 2.45) is 5.92 Å². The van der Waals surface area contributed by atoms with Crippen LogP contribution in [0.1, 0.15) is 52.9 Å². The average Bonchev–Trinajstić information content (AvgIpc) is 2.88. The Morgan fingerprint density at radius 2 is 1.93 bits per heavy atom. The van der Waals surface area contributed by atoms with Crippen molar-refractivity contribution >= 4 is 23.8 Å². The number of amides is 4. The van der Waals surface area contributed by atoms with E-state index in [1.165, 1.54) is 4.90 Å². The molecule has 1 N–H and O–H groups in total. The van der Waals surface area contributed by atoms with Gasteiger partial charge in [0.2, 0.25) is 0 Å². The Kier molecular flexibility index (Phi) is 7.21. The molecule has 28 heavy (non-hydrogen) atoms. The molecule has 1 aliphatic heterocycles. The summed E-state index contributed by atoms with van der Waals surface area (Å²) in [5.41, 5.74) is -0.0664. The predicted octanol–water partition coefficient (Wildman–Crippen LogP) is 1.84. The summed E-state index contributed by atoms with van der Waals surface area (Å²) < 4.78 is 5.00. The van der Waals surface area contributed by atoms with Gasteiger partial charge in [0.25, 0.3) is 11.8 Å². The summed E-state index contributed by atoms with van der Waals surface area (Å²) >= 11 is 0. The lowest BCUT2D eigenvalue weighted by Crippen LogP contribution is -2.49. The van der Waals surface area contributed by atoms with Crippen molar-refractivity contribution in [1.82, 2.24) is 15.1 Å². The van der Waals surface area contributed by atoms with Crippen molar-refractivity contribution in [3.05, 3.63) is 12.2 Å². The van der Waals surface area contributed by atoms with Crippen molar-refractivity contribution in [3.63, 3.8) is 0 Å². The van der Waals surface area contributed by atoms with Gasteiger partial charge < -0.3 is 15.0 Å². The number of carbonyl (C=O) groups is 4. The lowest BCUT2D eigenvalue weighted by molar-refractivity contribution is -0.153. The molecule has 1 heterocycles. The Balaban J connectivity index is 1.88. The lowest BCUT2D eigenvalue weighted by Gasteiger charge is -2.34. The zero-order chi connectivity index (χ0) is 20.9. The molecule has 1 saturated carbocycles. The molecule has 2 fully saturated rings. The van der Waals surface area contributed by atoms with Gasteiger partial charge in [0.15, 0.2) is 6.61 Å². The van der Waals surface area contributed by atoms with Gasteiger partial charge in [-0.25, -0.2) is 4.79 Å². The summed E-state index contributed by atoms with van der Waals surface area (Å²) in [6.45, 7) is 9.47. The molecule has 4 amide bonds. The first-order valence-corrected chi connectivity index (χ1v) is 9.94. The minimum atomic E-state index is -0.890. The zero-order valence-corrected chi connectivity index (χ0v) is 17.1. The van der Waals surface area contributed by atoms with Gasteiger partial charge in [0.05, 0.1) is 0 Å². The SMILES string of the molecule is C=C(C)CN(CC)C(=O)COC(=O)CN1C(=O)NC2(CCC(CC)CC2)C1=O. The summed E-state index contributed by atoms with van der Waals surface area (Å²) in [4.78, 5) is 51.7. The summed E-state index contributed by atoms with van der Waals surface area (Å²) in [5, 5.41) is 2.78. The first-order valence-electron chi connectivity index (χ1n) is 9.94. The number of nitrogens with zero attached hydrogens (tertiary/aromatic N) is 2. The van der Waals surface area contributed by atoms with Crippen LogP contribution in [0.5, 0.6) is 0 Å². The third-order valence-electron chi connectivity index (χ3n) is 5.62. The molecule has 0 unspecified atom stereocenters. The van der Waals surface area contributed by atoms with E-state index in [1.54, 1.807) is 0 Å². The highest BCUT2D eigenvalue weighted by atomic mass is 16.5. The van der Waals surface area contributed by atoms with E-state index in [1.807, 2.05) is 13.8 Å². The van der Waals surface area contributed by atoms with E-state index < -0.39 is 30.7 Å². The van der Waals surface area contributed by atoms with E-state index in [0.29, 0.717) is 31.8 Å². The largest absolute Gasteiger partial charge is 0.454 e. The number of ether oxygens (including phenoxy) is 1. The minimum absolute atomic E-state index is 0.342. The topological polar surface area (TPSA) is 96.0 Å². The molecule has 0 radical (unpaired) electrons. The molecule has 2 rings (SSSR count). The van der Waals surface area contributed by atoms with Crippen molar-refractivity contribution in [3.8, 4) is 0 Å². The number of imide groups is 1. The second-order valence-corrected chi connectivity index (χ2v) is 7.78. The fraction of sp³-hybridized carbons (Fsp3) is 0.700. The Labute approximate surface area is 166 Å². The molecule has 1 spiro atoms. The summed E-state index contributed by atoms with van der Waals surface area (Å²) in [5.74, 6) is -0.915. The molecule has 0 aromatic rings. The highest BCUT2D eigenvalue weighted by Crippen LogP contribution is 2.37. The van der Waals surface area contributed by atoms with E-state index >= 15 is 0 Å². The maximum absolute atomic E-state index is 12.8. The molecular weight excluding hydrogens is 362 g/mol. The molecule has 2 aliphatic rings. The van der Waals surface area contributed by atoms with Crippen molar-refractivity contribution in [1.29, 1.82) is 0 Å². The van der Waals surface area contributed by atoms with Gasteiger partial charge in [-0.3, -0.25) is 19.3 Å². The first-order chi connectivity index (χ1) is 13.2. The normalized spacial score (nSPS) is 24.2. The van der Waals surface area contributed by atoms with Crippen molar-refractivity contribution in [2.45, 2.75) is 58.4 Å². The molecule has 8 nitrogen and oxygen atoms in total. The summed E-state index contributed by atoms with van der Waals surface area (Å²) in [7, 11) is 0. The average molecular weight is 393 g/mol. The minimum Gasteiger partial charge on any atom is -0.454 e. The number of hydrogen-bond acceptors (Lipinski definition) is 5. The van der Waals surface area contributed by atoms with E-state index in [9.17, 15) is 19.2 Å². The number of hydrogen-bond donors (Lipinski definition) is 1. The molecule has 0 aromatic heterocycles. The van der Waals surface area contributed by atoms with Gasteiger partial charge in [-0.2, -0.15) is 0 Å². The number of urea groups is 1. The fourth-order valence-corrected chi connectivity index (χ4v) is 3.85. The number of nitrogens with one attached hydrogen (secondary N) is 1. The molecule has 0 atom stereocenters. The van der Waals surface area contributed by atoms with Crippen LogP contribution in [0.3, 0.4) is 0 Å². The maximum atomic E-state index is 12.8.